The Bertz CT molecular complexity index is 860. The van der Waals surface area contributed by atoms with Crippen LogP contribution in [-0.2, 0) is 0 Å². The summed E-state index contributed by atoms with van der Waals surface area (Å²) in [6.45, 7) is 2.01. The largest absolute Gasteiger partial charge is 0.383 e. The summed E-state index contributed by atoms with van der Waals surface area (Å²) in [7, 11) is 0. The second-order valence-corrected chi connectivity index (χ2v) is 5.38. The smallest absolute Gasteiger partial charge is 0.157 e. The van der Waals surface area contributed by atoms with Crippen LogP contribution in [0, 0.1) is 0 Å². The van der Waals surface area contributed by atoms with E-state index in [1.165, 1.54) is 0 Å². The van der Waals surface area contributed by atoms with Gasteiger partial charge in [-0.1, -0.05) is 0 Å². The van der Waals surface area contributed by atoms with Crippen LogP contribution < -0.4 is 5.73 Å². The van der Waals surface area contributed by atoms with Crippen molar-refractivity contribution in [3.05, 3.63) is 90.3 Å². The Morgan fingerprint density at radius 3 is 1.84 bits per heavy atom. The average Bonchev–Trinajstić information content (AvgIpc) is 2.69. The van der Waals surface area contributed by atoms with Crippen molar-refractivity contribution < 1.29 is 0 Å². The SMILES string of the molecule is CC(N=C(N=C(N)c1ccncc1)c1ccncc1)c1ccncc1. The van der Waals surface area contributed by atoms with Gasteiger partial charge in [0, 0.05) is 48.3 Å². The van der Waals surface area contributed by atoms with Gasteiger partial charge in [0.25, 0.3) is 0 Å². The number of nitrogens with zero attached hydrogens (tertiary/aromatic N) is 5. The highest BCUT2D eigenvalue weighted by atomic mass is 15.0. The van der Waals surface area contributed by atoms with E-state index in [0.29, 0.717) is 11.7 Å². The van der Waals surface area contributed by atoms with Crippen LogP contribution >= 0.6 is 0 Å². The molecule has 3 aromatic heterocycles. The number of rotatable bonds is 4. The molecule has 1 atom stereocenters. The van der Waals surface area contributed by atoms with Gasteiger partial charge in [-0.3, -0.25) is 19.9 Å². The molecule has 0 amide bonds. The maximum absolute atomic E-state index is 6.16. The van der Waals surface area contributed by atoms with Crippen molar-refractivity contribution >= 4 is 11.7 Å². The summed E-state index contributed by atoms with van der Waals surface area (Å²) in [5.74, 6) is 0.945. The molecule has 6 heteroatoms. The first-order valence-electron chi connectivity index (χ1n) is 7.86. The number of hydrogen-bond donors (Lipinski definition) is 1. The van der Waals surface area contributed by atoms with E-state index in [2.05, 4.69) is 19.9 Å². The fourth-order valence-electron chi connectivity index (χ4n) is 2.27. The van der Waals surface area contributed by atoms with Crippen molar-refractivity contribution in [3.8, 4) is 0 Å². The molecule has 3 rings (SSSR count). The molecule has 0 spiro atoms. The van der Waals surface area contributed by atoms with Crippen LogP contribution in [0.4, 0.5) is 0 Å². The van der Waals surface area contributed by atoms with Crippen LogP contribution in [0.5, 0.6) is 0 Å². The minimum absolute atomic E-state index is 0.0832. The molecule has 6 nitrogen and oxygen atoms in total. The normalized spacial score (nSPS) is 13.5. The molecule has 0 bridgehead atoms. The first-order valence-corrected chi connectivity index (χ1v) is 7.86. The first-order chi connectivity index (χ1) is 12.2. The lowest BCUT2D eigenvalue weighted by Crippen LogP contribution is -2.16. The number of aromatic nitrogens is 3. The lowest BCUT2D eigenvalue weighted by atomic mass is 10.1. The van der Waals surface area contributed by atoms with Gasteiger partial charge in [0.2, 0.25) is 0 Å². The molecular weight excluding hydrogens is 312 g/mol. The Kier molecular flexibility index (Phi) is 5.21. The Labute approximate surface area is 146 Å². The van der Waals surface area contributed by atoms with Gasteiger partial charge in [0.15, 0.2) is 5.84 Å². The van der Waals surface area contributed by atoms with E-state index in [9.17, 15) is 0 Å². The summed E-state index contributed by atoms with van der Waals surface area (Å²) in [6, 6.07) is 11.1. The summed E-state index contributed by atoms with van der Waals surface area (Å²) in [4.78, 5) is 21.4. The average molecular weight is 330 g/mol. The third-order valence-electron chi connectivity index (χ3n) is 3.65. The highest BCUT2D eigenvalue weighted by Gasteiger charge is 2.09. The fourth-order valence-corrected chi connectivity index (χ4v) is 2.27. The molecule has 3 aromatic rings. The van der Waals surface area contributed by atoms with Crippen molar-refractivity contribution in [2.45, 2.75) is 13.0 Å². The first kappa shape index (κ1) is 16.4. The monoisotopic (exact) mass is 330 g/mol. The van der Waals surface area contributed by atoms with Crippen LogP contribution in [0.3, 0.4) is 0 Å². The van der Waals surface area contributed by atoms with Crippen LogP contribution in [0.2, 0.25) is 0 Å². The van der Waals surface area contributed by atoms with Crippen molar-refractivity contribution in [3.63, 3.8) is 0 Å². The van der Waals surface area contributed by atoms with Crippen molar-refractivity contribution in [1.29, 1.82) is 0 Å². The summed E-state index contributed by atoms with van der Waals surface area (Å²) >= 11 is 0. The zero-order chi connectivity index (χ0) is 17.5. The minimum atomic E-state index is -0.0832. The van der Waals surface area contributed by atoms with E-state index in [4.69, 9.17) is 10.7 Å². The topological polar surface area (TPSA) is 89.4 Å². The molecule has 1 unspecified atom stereocenters. The number of amidine groups is 2. The summed E-state index contributed by atoms with van der Waals surface area (Å²) in [5.41, 5.74) is 8.87. The van der Waals surface area contributed by atoms with Gasteiger partial charge in [-0.25, -0.2) is 4.99 Å². The van der Waals surface area contributed by atoms with Gasteiger partial charge in [-0.2, -0.15) is 0 Å². The molecule has 0 aliphatic carbocycles. The molecule has 25 heavy (non-hydrogen) atoms. The zero-order valence-corrected chi connectivity index (χ0v) is 13.8. The van der Waals surface area contributed by atoms with Crippen molar-refractivity contribution in [1.82, 2.24) is 15.0 Å². The molecule has 0 aliphatic heterocycles. The predicted octanol–water partition coefficient (Wildman–Crippen LogP) is 2.78. The second kappa shape index (κ2) is 7.92. The van der Waals surface area contributed by atoms with Crippen LogP contribution in [0.1, 0.15) is 29.7 Å². The Morgan fingerprint density at radius 2 is 1.28 bits per heavy atom. The van der Waals surface area contributed by atoms with E-state index in [1.54, 1.807) is 37.2 Å². The van der Waals surface area contributed by atoms with E-state index in [-0.39, 0.29) is 6.04 Å². The number of pyridine rings is 3. The summed E-state index contributed by atoms with van der Waals surface area (Å²) < 4.78 is 0. The molecule has 124 valence electrons. The molecule has 3 heterocycles. The van der Waals surface area contributed by atoms with E-state index in [0.717, 1.165) is 16.7 Å². The van der Waals surface area contributed by atoms with Gasteiger partial charge in [-0.15, -0.1) is 0 Å². The quantitative estimate of drug-likeness (QED) is 0.588. The van der Waals surface area contributed by atoms with Gasteiger partial charge < -0.3 is 5.73 Å². The standard InChI is InChI=1S/C19H18N6/c1-14(15-2-8-21-9-3-15)24-19(17-6-12-23-13-7-17)25-18(20)16-4-10-22-11-5-16/h2-14H,1H3,(H2,20,24,25). The van der Waals surface area contributed by atoms with Gasteiger partial charge in [0.05, 0.1) is 6.04 Å². The second-order valence-electron chi connectivity index (χ2n) is 5.38. The molecule has 2 N–H and O–H groups in total. The Hall–Kier alpha value is -3.41. The van der Waals surface area contributed by atoms with Crippen LogP contribution in [-0.4, -0.2) is 26.6 Å². The summed E-state index contributed by atoms with van der Waals surface area (Å²) in [6.07, 6.45) is 10.3. The van der Waals surface area contributed by atoms with Gasteiger partial charge in [0.1, 0.15) is 5.84 Å². The van der Waals surface area contributed by atoms with E-state index in [1.807, 2.05) is 43.3 Å². The molecule has 0 aliphatic rings. The third-order valence-corrected chi connectivity index (χ3v) is 3.65. The Balaban J connectivity index is 2.00. The highest BCUT2D eigenvalue weighted by Crippen LogP contribution is 2.17. The third kappa shape index (κ3) is 4.32. The molecular formula is C19H18N6. The maximum Gasteiger partial charge on any atom is 0.157 e. The molecule has 0 saturated carbocycles. The molecule has 0 radical (unpaired) electrons. The highest BCUT2D eigenvalue weighted by molar-refractivity contribution is 6.10. The maximum atomic E-state index is 6.16. The van der Waals surface area contributed by atoms with Gasteiger partial charge >= 0.3 is 0 Å². The van der Waals surface area contributed by atoms with Crippen LogP contribution in [0.15, 0.2) is 83.6 Å². The Morgan fingerprint density at radius 1 is 0.800 bits per heavy atom. The summed E-state index contributed by atoms with van der Waals surface area (Å²) in [5, 5.41) is 0. The predicted molar refractivity (Wildman–Crippen MR) is 98.4 cm³/mol. The number of hydrogen-bond acceptors (Lipinski definition) is 4. The minimum Gasteiger partial charge on any atom is -0.383 e. The van der Waals surface area contributed by atoms with Crippen molar-refractivity contribution in [2.24, 2.45) is 15.7 Å². The van der Waals surface area contributed by atoms with E-state index >= 15 is 0 Å². The zero-order valence-electron chi connectivity index (χ0n) is 13.8. The lowest BCUT2D eigenvalue weighted by molar-refractivity contribution is 0.815. The molecule has 0 fully saturated rings. The van der Waals surface area contributed by atoms with Gasteiger partial charge in [-0.05, 0) is 48.9 Å². The molecule has 0 aromatic carbocycles. The van der Waals surface area contributed by atoms with Crippen molar-refractivity contribution in [2.75, 3.05) is 0 Å². The van der Waals surface area contributed by atoms with E-state index < -0.39 is 0 Å². The number of nitrogens with two attached hydrogens (primary N) is 1. The lowest BCUT2D eigenvalue weighted by Gasteiger charge is -2.10. The fraction of sp³-hybridized carbons (Fsp3) is 0.105. The molecule has 0 saturated heterocycles. The number of aliphatic imine (C=N–C) groups is 2. The van der Waals surface area contributed by atoms with Crippen LogP contribution in [0.25, 0.3) is 0 Å².